The molecule has 0 saturated carbocycles. The van der Waals surface area contributed by atoms with Crippen LogP contribution in [0.15, 0.2) is 42.7 Å². The Balaban J connectivity index is 1.70. The zero-order chi connectivity index (χ0) is 18.5. The number of ketones is 2. The monoisotopic (exact) mass is 346 g/mol. The molecule has 4 rings (SSSR count). The van der Waals surface area contributed by atoms with Gasteiger partial charge in [-0.15, -0.1) is 5.10 Å². The number of aromatic nitrogens is 4. The molecular formula is C20H18N4O2. The predicted molar refractivity (Wildman–Crippen MR) is 95.4 cm³/mol. The number of hydrogen-bond donors (Lipinski definition) is 0. The maximum absolute atomic E-state index is 12.8. The highest BCUT2D eigenvalue weighted by atomic mass is 16.1. The molecule has 130 valence electrons. The average Bonchev–Trinajstić information content (AvgIpc) is 3.03. The molecule has 0 aliphatic heterocycles. The van der Waals surface area contributed by atoms with Gasteiger partial charge in [0.25, 0.3) is 0 Å². The Morgan fingerprint density at radius 2 is 1.69 bits per heavy atom. The average molecular weight is 346 g/mol. The Labute approximate surface area is 150 Å². The maximum atomic E-state index is 12.8. The zero-order valence-electron chi connectivity index (χ0n) is 14.9. The predicted octanol–water partition coefficient (Wildman–Crippen LogP) is 2.79. The fraction of sp³-hybridized carbons (Fsp3) is 0.250. The van der Waals surface area contributed by atoms with Crippen LogP contribution in [0.3, 0.4) is 0 Å². The van der Waals surface area contributed by atoms with E-state index < -0.39 is 0 Å². The van der Waals surface area contributed by atoms with Crippen molar-refractivity contribution in [2.75, 3.05) is 0 Å². The summed E-state index contributed by atoms with van der Waals surface area (Å²) >= 11 is 0. The minimum absolute atomic E-state index is 0.0735. The summed E-state index contributed by atoms with van der Waals surface area (Å²) in [7, 11) is 0. The maximum Gasteiger partial charge on any atom is 0.216 e. The summed E-state index contributed by atoms with van der Waals surface area (Å²) in [6, 6.07) is 9.72. The van der Waals surface area contributed by atoms with Crippen LogP contribution in [0.2, 0.25) is 0 Å². The Kier molecular flexibility index (Phi) is 3.57. The van der Waals surface area contributed by atoms with Gasteiger partial charge in [0.2, 0.25) is 11.6 Å². The van der Waals surface area contributed by atoms with E-state index in [2.05, 4.69) is 48.2 Å². The summed E-state index contributed by atoms with van der Waals surface area (Å²) in [4.78, 5) is 29.4. The lowest BCUT2D eigenvalue weighted by molar-refractivity contribution is 0.0970. The number of pyridine rings is 1. The molecule has 26 heavy (non-hydrogen) atoms. The van der Waals surface area contributed by atoms with Gasteiger partial charge in [-0.1, -0.05) is 50.3 Å². The van der Waals surface area contributed by atoms with E-state index in [0.29, 0.717) is 17.7 Å². The number of fused-ring (bicyclic) bond motifs is 2. The molecule has 1 aliphatic carbocycles. The molecule has 0 bridgehead atoms. The molecule has 0 spiro atoms. The van der Waals surface area contributed by atoms with Crippen LogP contribution in [-0.2, 0) is 12.0 Å². The van der Waals surface area contributed by atoms with E-state index in [1.54, 1.807) is 6.07 Å². The number of hydrogen-bond acceptors (Lipinski definition) is 5. The number of benzene rings is 1. The normalized spacial score (nSPS) is 13.5. The molecule has 3 aromatic rings. The van der Waals surface area contributed by atoms with Crippen molar-refractivity contribution in [3.05, 3.63) is 76.4 Å². The molecular weight excluding hydrogens is 328 g/mol. The highest BCUT2D eigenvalue weighted by molar-refractivity contribution is 6.26. The lowest BCUT2D eigenvalue weighted by Gasteiger charge is -2.19. The van der Waals surface area contributed by atoms with Crippen molar-refractivity contribution in [3.63, 3.8) is 0 Å². The third kappa shape index (κ3) is 2.54. The van der Waals surface area contributed by atoms with Gasteiger partial charge < -0.3 is 0 Å². The lowest BCUT2D eigenvalue weighted by Crippen LogP contribution is -2.24. The van der Waals surface area contributed by atoms with Gasteiger partial charge in [-0.05, 0) is 22.6 Å². The van der Waals surface area contributed by atoms with Crippen molar-refractivity contribution >= 4 is 11.6 Å². The third-order valence-electron chi connectivity index (χ3n) is 4.63. The smallest absolute Gasteiger partial charge is 0.216 e. The SMILES string of the molecule is CC(C)(C)c1ccc(Cn2nnc3c2C(=O)c2cnccc2C3=O)cc1. The van der Waals surface area contributed by atoms with Crippen LogP contribution in [-0.4, -0.2) is 31.5 Å². The second kappa shape index (κ2) is 5.69. The van der Waals surface area contributed by atoms with Gasteiger partial charge in [-0.25, -0.2) is 4.68 Å². The van der Waals surface area contributed by atoms with Crippen molar-refractivity contribution < 1.29 is 9.59 Å². The highest BCUT2D eigenvalue weighted by Gasteiger charge is 2.35. The largest absolute Gasteiger partial charge is 0.287 e. The molecule has 0 amide bonds. The van der Waals surface area contributed by atoms with Crippen LogP contribution in [0.1, 0.15) is 64.0 Å². The summed E-state index contributed by atoms with van der Waals surface area (Å²) < 4.78 is 1.50. The first kappa shape index (κ1) is 16.3. The van der Waals surface area contributed by atoms with Gasteiger partial charge in [0.1, 0.15) is 5.69 Å². The molecule has 0 unspecified atom stereocenters. The summed E-state index contributed by atoms with van der Waals surface area (Å²) in [6.07, 6.45) is 2.92. The quantitative estimate of drug-likeness (QED) is 0.558. The van der Waals surface area contributed by atoms with Crippen molar-refractivity contribution in [2.24, 2.45) is 0 Å². The lowest BCUT2D eigenvalue weighted by atomic mass is 9.87. The third-order valence-corrected chi connectivity index (χ3v) is 4.63. The van der Waals surface area contributed by atoms with Gasteiger partial charge in [0, 0.05) is 18.0 Å². The van der Waals surface area contributed by atoms with Gasteiger partial charge in [0.15, 0.2) is 5.69 Å². The van der Waals surface area contributed by atoms with Crippen LogP contribution in [0.25, 0.3) is 0 Å². The van der Waals surface area contributed by atoms with E-state index in [0.717, 1.165) is 5.56 Å². The molecule has 6 nitrogen and oxygen atoms in total. The van der Waals surface area contributed by atoms with E-state index in [4.69, 9.17) is 0 Å². The number of carbonyl (C=O) groups is 2. The van der Waals surface area contributed by atoms with Crippen LogP contribution in [0.4, 0.5) is 0 Å². The second-order valence-corrected chi connectivity index (χ2v) is 7.47. The van der Waals surface area contributed by atoms with E-state index in [1.807, 2.05) is 12.1 Å². The Morgan fingerprint density at radius 1 is 0.962 bits per heavy atom. The van der Waals surface area contributed by atoms with Crippen LogP contribution >= 0.6 is 0 Å². The van der Waals surface area contributed by atoms with E-state index in [-0.39, 0.29) is 28.4 Å². The molecule has 0 radical (unpaired) electrons. The first-order valence-corrected chi connectivity index (χ1v) is 8.42. The molecule has 1 aliphatic rings. The van der Waals surface area contributed by atoms with E-state index in [1.165, 1.54) is 22.6 Å². The molecule has 6 heteroatoms. The van der Waals surface area contributed by atoms with Crippen molar-refractivity contribution in [1.29, 1.82) is 0 Å². The zero-order valence-corrected chi connectivity index (χ0v) is 14.9. The summed E-state index contributed by atoms with van der Waals surface area (Å²) in [6.45, 7) is 6.85. The number of nitrogens with zero attached hydrogens (tertiary/aromatic N) is 4. The van der Waals surface area contributed by atoms with Gasteiger partial charge >= 0.3 is 0 Å². The molecule has 2 heterocycles. The van der Waals surface area contributed by atoms with Crippen LogP contribution < -0.4 is 0 Å². The molecule has 0 fully saturated rings. The van der Waals surface area contributed by atoms with Gasteiger partial charge in [0.05, 0.1) is 12.1 Å². The topological polar surface area (TPSA) is 77.7 Å². The first-order valence-electron chi connectivity index (χ1n) is 8.42. The second-order valence-electron chi connectivity index (χ2n) is 7.47. The Bertz CT molecular complexity index is 1030. The number of carbonyl (C=O) groups excluding carboxylic acids is 2. The first-order chi connectivity index (χ1) is 12.4. The fourth-order valence-corrected chi connectivity index (χ4v) is 3.11. The minimum atomic E-state index is -0.286. The molecule has 2 aromatic heterocycles. The molecule has 1 aromatic carbocycles. The van der Waals surface area contributed by atoms with Crippen LogP contribution in [0.5, 0.6) is 0 Å². The summed E-state index contributed by atoms with van der Waals surface area (Å²) in [5.74, 6) is -0.551. The van der Waals surface area contributed by atoms with Crippen molar-refractivity contribution in [2.45, 2.75) is 32.7 Å². The fourth-order valence-electron chi connectivity index (χ4n) is 3.11. The minimum Gasteiger partial charge on any atom is -0.287 e. The molecule has 0 N–H and O–H groups in total. The summed E-state index contributed by atoms with van der Waals surface area (Å²) in [5.41, 5.74) is 3.27. The standard InChI is InChI=1S/C20H18N4O2/c1-20(2,3)13-6-4-12(5-7-13)11-24-17-16(22-23-24)18(25)14-8-9-21-10-15(14)19(17)26/h4-10H,11H2,1-3H3. The van der Waals surface area contributed by atoms with Gasteiger partial charge in [-0.2, -0.15) is 0 Å². The summed E-state index contributed by atoms with van der Waals surface area (Å²) in [5, 5.41) is 8.01. The Morgan fingerprint density at radius 3 is 2.38 bits per heavy atom. The Hall–Kier alpha value is -3.15. The van der Waals surface area contributed by atoms with Gasteiger partial charge in [-0.3, -0.25) is 14.6 Å². The molecule has 0 atom stereocenters. The van der Waals surface area contributed by atoms with E-state index >= 15 is 0 Å². The number of rotatable bonds is 2. The van der Waals surface area contributed by atoms with Crippen molar-refractivity contribution in [3.8, 4) is 0 Å². The highest BCUT2D eigenvalue weighted by Crippen LogP contribution is 2.26. The van der Waals surface area contributed by atoms with Crippen molar-refractivity contribution in [1.82, 2.24) is 20.0 Å². The van der Waals surface area contributed by atoms with Crippen LogP contribution in [0, 0.1) is 0 Å². The van der Waals surface area contributed by atoms with E-state index in [9.17, 15) is 9.59 Å². The molecule has 0 saturated heterocycles.